The number of aromatic amines is 1. The number of carbonyl (C=O) groups excluding carboxylic acids is 3. The summed E-state index contributed by atoms with van der Waals surface area (Å²) in [6.45, 7) is 5.11. The van der Waals surface area contributed by atoms with Crippen molar-refractivity contribution < 1.29 is 28.6 Å². The molecule has 0 aliphatic rings. The van der Waals surface area contributed by atoms with Crippen LogP contribution in [0.15, 0.2) is 12.3 Å². The number of rotatable bonds is 9. The zero-order valence-corrected chi connectivity index (χ0v) is 16.8. The SMILES string of the molecule is CCOC(=O)C[C@H](Cc1cc(Cl)c2[nH]ncc2c1COC(C)=O)C(=O)OCC. The first-order valence-corrected chi connectivity index (χ1v) is 9.34. The summed E-state index contributed by atoms with van der Waals surface area (Å²) in [7, 11) is 0. The van der Waals surface area contributed by atoms with Gasteiger partial charge in [-0.3, -0.25) is 19.5 Å². The van der Waals surface area contributed by atoms with Crippen molar-refractivity contribution in [1.82, 2.24) is 10.2 Å². The average molecular weight is 411 g/mol. The molecule has 152 valence electrons. The Morgan fingerprint density at radius 1 is 1.18 bits per heavy atom. The summed E-state index contributed by atoms with van der Waals surface area (Å²) in [6, 6.07) is 1.68. The molecular formula is C19H23ClN2O6. The van der Waals surface area contributed by atoms with Crippen molar-refractivity contribution in [2.45, 2.75) is 40.2 Å². The lowest BCUT2D eigenvalue weighted by molar-refractivity contribution is -0.154. The molecule has 0 aliphatic heterocycles. The highest BCUT2D eigenvalue weighted by Gasteiger charge is 2.27. The normalized spacial score (nSPS) is 11.9. The van der Waals surface area contributed by atoms with E-state index in [0.717, 1.165) is 0 Å². The van der Waals surface area contributed by atoms with Crippen molar-refractivity contribution >= 4 is 40.4 Å². The molecule has 1 aromatic heterocycles. The summed E-state index contributed by atoms with van der Waals surface area (Å²) >= 11 is 6.33. The molecule has 1 heterocycles. The monoisotopic (exact) mass is 410 g/mol. The van der Waals surface area contributed by atoms with Gasteiger partial charge in [0.1, 0.15) is 6.61 Å². The van der Waals surface area contributed by atoms with E-state index in [-0.39, 0.29) is 32.7 Å². The van der Waals surface area contributed by atoms with E-state index < -0.39 is 23.8 Å². The van der Waals surface area contributed by atoms with E-state index in [9.17, 15) is 14.4 Å². The molecular weight excluding hydrogens is 388 g/mol. The van der Waals surface area contributed by atoms with Crippen molar-refractivity contribution in [3.05, 3.63) is 28.4 Å². The van der Waals surface area contributed by atoms with E-state index in [1.807, 2.05) is 0 Å². The number of halogens is 1. The minimum absolute atomic E-state index is 0.00712. The van der Waals surface area contributed by atoms with E-state index in [4.69, 9.17) is 25.8 Å². The Bertz CT molecular complexity index is 863. The summed E-state index contributed by atoms with van der Waals surface area (Å²) in [6.07, 6.45) is 1.63. The third-order valence-corrected chi connectivity index (χ3v) is 4.41. The van der Waals surface area contributed by atoms with Gasteiger partial charge in [-0.15, -0.1) is 0 Å². The number of nitrogens with zero attached hydrogens (tertiary/aromatic N) is 1. The molecule has 28 heavy (non-hydrogen) atoms. The quantitative estimate of drug-likeness (QED) is 0.500. The standard InChI is InChI=1S/C19H23ClN2O6/c1-4-26-17(24)8-13(19(25)27-5-2)6-12-7-16(20)18-14(9-21-22-18)15(12)10-28-11(3)23/h7,9,13H,4-6,8,10H2,1-3H3,(H,21,22)/t13-/m0/s1. The van der Waals surface area contributed by atoms with Gasteiger partial charge in [0.25, 0.3) is 0 Å². The fraction of sp³-hybridized carbons (Fsp3) is 0.474. The van der Waals surface area contributed by atoms with Crippen LogP contribution in [0, 0.1) is 5.92 Å². The molecule has 0 amide bonds. The second-order valence-electron chi connectivity index (χ2n) is 6.10. The minimum Gasteiger partial charge on any atom is -0.466 e. The van der Waals surface area contributed by atoms with Gasteiger partial charge < -0.3 is 14.2 Å². The highest BCUT2D eigenvalue weighted by molar-refractivity contribution is 6.35. The molecule has 0 unspecified atom stereocenters. The summed E-state index contributed by atoms with van der Waals surface area (Å²) in [5.41, 5.74) is 1.94. The van der Waals surface area contributed by atoms with E-state index >= 15 is 0 Å². The van der Waals surface area contributed by atoms with Gasteiger partial charge in [-0.05, 0) is 31.9 Å². The number of fused-ring (bicyclic) bond motifs is 1. The number of nitrogens with one attached hydrogen (secondary N) is 1. The van der Waals surface area contributed by atoms with Gasteiger partial charge >= 0.3 is 17.9 Å². The Balaban J connectivity index is 2.40. The molecule has 0 bridgehead atoms. The van der Waals surface area contributed by atoms with Crippen LogP contribution in [0.1, 0.15) is 38.3 Å². The van der Waals surface area contributed by atoms with Crippen LogP contribution in [0.4, 0.5) is 0 Å². The topological polar surface area (TPSA) is 108 Å². The van der Waals surface area contributed by atoms with Gasteiger partial charge in [0.15, 0.2) is 0 Å². The number of hydrogen-bond acceptors (Lipinski definition) is 7. The van der Waals surface area contributed by atoms with Crippen molar-refractivity contribution in [2.24, 2.45) is 5.92 Å². The number of esters is 3. The van der Waals surface area contributed by atoms with Gasteiger partial charge in [0, 0.05) is 17.9 Å². The first-order valence-electron chi connectivity index (χ1n) is 8.96. The summed E-state index contributed by atoms with van der Waals surface area (Å²) in [5, 5.41) is 7.88. The zero-order chi connectivity index (χ0) is 20.7. The molecule has 0 saturated heterocycles. The smallest absolute Gasteiger partial charge is 0.309 e. The van der Waals surface area contributed by atoms with Crippen LogP contribution < -0.4 is 0 Å². The number of ether oxygens (including phenoxy) is 3. The lowest BCUT2D eigenvalue weighted by Crippen LogP contribution is -2.24. The third kappa shape index (κ3) is 5.45. The minimum atomic E-state index is -0.754. The van der Waals surface area contributed by atoms with E-state index in [0.29, 0.717) is 27.1 Å². The summed E-state index contributed by atoms with van der Waals surface area (Å²) < 4.78 is 15.2. The van der Waals surface area contributed by atoms with Crippen molar-refractivity contribution in [3.63, 3.8) is 0 Å². The zero-order valence-electron chi connectivity index (χ0n) is 16.0. The highest BCUT2D eigenvalue weighted by atomic mass is 35.5. The van der Waals surface area contributed by atoms with Crippen LogP contribution in [0.2, 0.25) is 5.02 Å². The molecule has 8 nitrogen and oxygen atoms in total. The van der Waals surface area contributed by atoms with Gasteiger partial charge in [-0.1, -0.05) is 11.6 Å². The Hall–Kier alpha value is -2.61. The Kier molecular flexibility index (Phi) is 7.80. The molecule has 0 radical (unpaired) electrons. The summed E-state index contributed by atoms with van der Waals surface area (Å²) in [5.74, 6) is -2.18. The number of benzene rings is 1. The van der Waals surface area contributed by atoms with Crippen LogP contribution >= 0.6 is 11.6 Å². The molecule has 0 saturated carbocycles. The number of carbonyl (C=O) groups is 3. The molecule has 0 spiro atoms. The Morgan fingerprint density at radius 2 is 1.89 bits per heavy atom. The maximum atomic E-state index is 12.4. The van der Waals surface area contributed by atoms with Crippen LogP contribution in [-0.4, -0.2) is 41.3 Å². The molecule has 0 aliphatic carbocycles. The van der Waals surface area contributed by atoms with E-state index in [1.54, 1.807) is 26.1 Å². The van der Waals surface area contributed by atoms with Gasteiger partial charge in [0.2, 0.25) is 0 Å². The van der Waals surface area contributed by atoms with Crippen LogP contribution in [0.5, 0.6) is 0 Å². The van der Waals surface area contributed by atoms with Crippen molar-refractivity contribution in [2.75, 3.05) is 13.2 Å². The van der Waals surface area contributed by atoms with Crippen LogP contribution in [0.25, 0.3) is 10.9 Å². The number of aromatic nitrogens is 2. The Morgan fingerprint density at radius 3 is 2.54 bits per heavy atom. The first kappa shape index (κ1) is 21.7. The molecule has 2 aromatic rings. The van der Waals surface area contributed by atoms with Gasteiger partial charge in [-0.2, -0.15) is 5.10 Å². The predicted octanol–water partition coefficient (Wildman–Crippen LogP) is 2.95. The molecule has 1 atom stereocenters. The Labute approximate surface area is 167 Å². The first-order chi connectivity index (χ1) is 13.4. The van der Waals surface area contributed by atoms with Crippen molar-refractivity contribution in [3.8, 4) is 0 Å². The van der Waals surface area contributed by atoms with Crippen LogP contribution in [0.3, 0.4) is 0 Å². The highest BCUT2D eigenvalue weighted by Crippen LogP contribution is 2.31. The van der Waals surface area contributed by atoms with E-state index in [2.05, 4.69) is 10.2 Å². The van der Waals surface area contributed by atoms with Gasteiger partial charge in [0.05, 0.1) is 42.3 Å². The van der Waals surface area contributed by atoms with Gasteiger partial charge in [-0.25, -0.2) is 0 Å². The third-order valence-electron chi connectivity index (χ3n) is 4.12. The molecule has 1 N–H and O–H groups in total. The molecule has 1 aromatic carbocycles. The van der Waals surface area contributed by atoms with E-state index in [1.165, 1.54) is 6.92 Å². The maximum Gasteiger partial charge on any atom is 0.309 e. The fourth-order valence-corrected chi connectivity index (χ4v) is 3.17. The summed E-state index contributed by atoms with van der Waals surface area (Å²) in [4.78, 5) is 35.6. The fourth-order valence-electron chi connectivity index (χ4n) is 2.89. The maximum absolute atomic E-state index is 12.4. The lowest BCUT2D eigenvalue weighted by Gasteiger charge is -2.18. The second-order valence-corrected chi connectivity index (χ2v) is 6.50. The van der Waals surface area contributed by atoms with Crippen LogP contribution in [-0.2, 0) is 41.6 Å². The lowest BCUT2D eigenvalue weighted by atomic mass is 9.92. The number of H-pyrrole nitrogens is 1. The second kappa shape index (κ2) is 10.1. The number of hydrogen-bond donors (Lipinski definition) is 1. The molecule has 0 fully saturated rings. The molecule has 9 heteroatoms. The molecule has 2 rings (SSSR count). The predicted molar refractivity (Wildman–Crippen MR) is 102 cm³/mol. The average Bonchev–Trinajstić information content (AvgIpc) is 3.11. The van der Waals surface area contributed by atoms with Crippen molar-refractivity contribution in [1.29, 1.82) is 0 Å². The largest absolute Gasteiger partial charge is 0.466 e.